The van der Waals surface area contributed by atoms with E-state index in [0.717, 1.165) is 32.7 Å². The highest BCUT2D eigenvalue weighted by Gasteiger charge is 1.82. The summed E-state index contributed by atoms with van der Waals surface area (Å²) in [4.78, 5) is 0. The summed E-state index contributed by atoms with van der Waals surface area (Å²) in [6.45, 7) is 7.98. The van der Waals surface area contributed by atoms with Crippen LogP contribution in [-0.2, 0) is 4.74 Å². The minimum Gasteiger partial charge on any atom is -0.380 e. The standard InChI is InChI=1S/C7H17NO.H2/c1-3-6-9-7-5-8-4-2;/h8H,3-7H2,1-2H3;1H. The van der Waals surface area contributed by atoms with E-state index in [1.54, 1.807) is 0 Å². The van der Waals surface area contributed by atoms with Crippen molar-refractivity contribution >= 4 is 0 Å². The first-order valence-corrected chi connectivity index (χ1v) is 3.70. The predicted molar refractivity (Wildman–Crippen MR) is 41.8 cm³/mol. The van der Waals surface area contributed by atoms with Crippen molar-refractivity contribution in [1.82, 2.24) is 5.32 Å². The van der Waals surface area contributed by atoms with Gasteiger partial charge in [0.2, 0.25) is 0 Å². The van der Waals surface area contributed by atoms with Crippen LogP contribution in [0.25, 0.3) is 0 Å². The molecule has 0 spiro atoms. The lowest BCUT2D eigenvalue weighted by molar-refractivity contribution is 0.137. The van der Waals surface area contributed by atoms with E-state index in [1.807, 2.05) is 0 Å². The van der Waals surface area contributed by atoms with Crippen LogP contribution in [0.1, 0.15) is 21.7 Å². The highest BCUT2D eigenvalue weighted by molar-refractivity contribution is 4.39. The molecule has 0 aliphatic heterocycles. The van der Waals surface area contributed by atoms with Crippen LogP contribution in [0.5, 0.6) is 0 Å². The van der Waals surface area contributed by atoms with E-state index < -0.39 is 0 Å². The summed E-state index contributed by atoms with van der Waals surface area (Å²) in [5.74, 6) is 0. The number of likely N-dealkylation sites (N-methyl/N-ethyl adjacent to an activating group) is 1. The Bertz CT molecular complexity index is 46.9. The van der Waals surface area contributed by atoms with Crippen molar-refractivity contribution in [2.24, 2.45) is 0 Å². The Morgan fingerprint density at radius 2 is 2.11 bits per heavy atom. The second-order valence-corrected chi connectivity index (χ2v) is 1.97. The highest BCUT2D eigenvalue weighted by Crippen LogP contribution is 1.77. The fraction of sp³-hybridized carbons (Fsp3) is 1.00. The van der Waals surface area contributed by atoms with Gasteiger partial charge in [0.15, 0.2) is 0 Å². The maximum absolute atomic E-state index is 5.22. The van der Waals surface area contributed by atoms with Crippen LogP contribution in [0.15, 0.2) is 0 Å². The van der Waals surface area contributed by atoms with Crippen LogP contribution in [0.2, 0.25) is 0 Å². The first-order valence-electron chi connectivity index (χ1n) is 3.70. The molecule has 9 heavy (non-hydrogen) atoms. The van der Waals surface area contributed by atoms with E-state index in [-0.39, 0.29) is 1.43 Å². The maximum Gasteiger partial charge on any atom is 0.0590 e. The molecule has 0 atom stereocenters. The molecule has 0 aliphatic carbocycles. The molecule has 0 heterocycles. The van der Waals surface area contributed by atoms with Gasteiger partial charge in [0.1, 0.15) is 0 Å². The van der Waals surface area contributed by atoms with E-state index in [4.69, 9.17) is 4.74 Å². The average molecular weight is 133 g/mol. The third kappa shape index (κ3) is 7.92. The Morgan fingerprint density at radius 3 is 2.67 bits per heavy atom. The third-order valence-electron chi connectivity index (χ3n) is 1.02. The monoisotopic (exact) mass is 133 g/mol. The zero-order valence-corrected chi connectivity index (χ0v) is 6.44. The van der Waals surface area contributed by atoms with E-state index in [0.29, 0.717) is 0 Å². The molecule has 0 bridgehead atoms. The Kier molecular flexibility index (Phi) is 7.85. The maximum atomic E-state index is 5.22. The Labute approximate surface area is 59.1 Å². The van der Waals surface area contributed by atoms with E-state index in [9.17, 15) is 0 Å². The zero-order chi connectivity index (χ0) is 6.95. The molecule has 0 rings (SSSR count). The lowest BCUT2D eigenvalue weighted by Gasteiger charge is -2.01. The number of hydrogen-bond donors (Lipinski definition) is 1. The van der Waals surface area contributed by atoms with Gasteiger partial charge in [-0.2, -0.15) is 0 Å². The second kappa shape index (κ2) is 7.92. The van der Waals surface area contributed by atoms with Crippen molar-refractivity contribution in [2.75, 3.05) is 26.3 Å². The van der Waals surface area contributed by atoms with Crippen LogP contribution in [0, 0.1) is 0 Å². The minimum absolute atomic E-state index is 0. The molecule has 0 fully saturated rings. The smallest absolute Gasteiger partial charge is 0.0590 e. The zero-order valence-electron chi connectivity index (χ0n) is 6.44. The van der Waals surface area contributed by atoms with Gasteiger partial charge in [-0.25, -0.2) is 0 Å². The number of hydrogen-bond acceptors (Lipinski definition) is 2. The molecule has 2 nitrogen and oxygen atoms in total. The third-order valence-corrected chi connectivity index (χ3v) is 1.02. The van der Waals surface area contributed by atoms with Crippen LogP contribution < -0.4 is 5.32 Å². The molecule has 0 unspecified atom stereocenters. The fourth-order valence-electron chi connectivity index (χ4n) is 0.568. The van der Waals surface area contributed by atoms with Gasteiger partial charge in [-0.05, 0) is 13.0 Å². The summed E-state index contributed by atoms with van der Waals surface area (Å²) in [7, 11) is 0. The largest absolute Gasteiger partial charge is 0.380 e. The molecular formula is C7H19NO. The Hall–Kier alpha value is -0.0800. The molecule has 2 heteroatoms. The van der Waals surface area contributed by atoms with Crippen molar-refractivity contribution in [3.63, 3.8) is 0 Å². The molecule has 0 aromatic heterocycles. The fourth-order valence-corrected chi connectivity index (χ4v) is 0.568. The Morgan fingerprint density at radius 1 is 1.33 bits per heavy atom. The van der Waals surface area contributed by atoms with Crippen molar-refractivity contribution in [1.29, 1.82) is 0 Å². The van der Waals surface area contributed by atoms with Crippen LogP contribution >= 0.6 is 0 Å². The average Bonchev–Trinajstić information content (AvgIpc) is 1.89. The van der Waals surface area contributed by atoms with Gasteiger partial charge >= 0.3 is 0 Å². The van der Waals surface area contributed by atoms with Gasteiger partial charge in [0.05, 0.1) is 6.61 Å². The van der Waals surface area contributed by atoms with Gasteiger partial charge < -0.3 is 10.1 Å². The van der Waals surface area contributed by atoms with Gasteiger partial charge in [0.25, 0.3) is 0 Å². The molecule has 0 aliphatic rings. The summed E-state index contributed by atoms with van der Waals surface area (Å²) in [6, 6.07) is 0. The minimum atomic E-state index is 0. The first kappa shape index (κ1) is 8.92. The topological polar surface area (TPSA) is 21.3 Å². The van der Waals surface area contributed by atoms with Crippen LogP contribution in [-0.4, -0.2) is 26.3 Å². The van der Waals surface area contributed by atoms with Crippen molar-refractivity contribution < 1.29 is 6.16 Å². The number of nitrogens with one attached hydrogen (secondary N) is 1. The SMILES string of the molecule is CCCOCCNCC.[HH]. The highest BCUT2D eigenvalue weighted by atomic mass is 16.5. The van der Waals surface area contributed by atoms with Gasteiger partial charge in [0, 0.05) is 14.6 Å². The summed E-state index contributed by atoms with van der Waals surface area (Å²) >= 11 is 0. The molecule has 0 saturated carbocycles. The van der Waals surface area contributed by atoms with Crippen molar-refractivity contribution in [3.8, 4) is 0 Å². The van der Waals surface area contributed by atoms with Gasteiger partial charge in [-0.1, -0.05) is 13.8 Å². The van der Waals surface area contributed by atoms with Gasteiger partial charge in [-0.3, -0.25) is 0 Å². The summed E-state index contributed by atoms with van der Waals surface area (Å²) in [5.41, 5.74) is 0. The molecule has 0 radical (unpaired) electrons. The van der Waals surface area contributed by atoms with Crippen LogP contribution in [0.4, 0.5) is 0 Å². The Balaban J connectivity index is 0. The van der Waals surface area contributed by atoms with Crippen molar-refractivity contribution in [3.05, 3.63) is 0 Å². The summed E-state index contributed by atoms with van der Waals surface area (Å²) < 4.78 is 5.22. The molecule has 0 saturated heterocycles. The quantitative estimate of drug-likeness (QED) is 0.551. The number of rotatable bonds is 6. The predicted octanol–water partition coefficient (Wildman–Crippen LogP) is 1.27. The molecule has 0 aromatic carbocycles. The molecule has 0 aromatic rings. The lowest BCUT2D eigenvalue weighted by Crippen LogP contribution is -2.18. The molecule has 1 N–H and O–H groups in total. The number of ether oxygens (including phenoxy) is 1. The summed E-state index contributed by atoms with van der Waals surface area (Å²) in [6.07, 6.45) is 1.12. The first-order chi connectivity index (χ1) is 4.41. The van der Waals surface area contributed by atoms with Gasteiger partial charge in [-0.15, -0.1) is 0 Å². The second-order valence-electron chi connectivity index (χ2n) is 1.97. The lowest BCUT2D eigenvalue weighted by atomic mass is 10.5. The molecule has 58 valence electrons. The van der Waals surface area contributed by atoms with E-state index in [1.165, 1.54) is 0 Å². The normalized spacial score (nSPS) is 10.0. The van der Waals surface area contributed by atoms with E-state index >= 15 is 0 Å². The van der Waals surface area contributed by atoms with Crippen LogP contribution in [0.3, 0.4) is 0 Å². The molecule has 0 amide bonds. The van der Waals surface area contributed by atoms with Crippen molar-refractivity contribution in [2.45, 2.75) is 20.3 Å². The molecular weight excluding hydrogens is 114 g/mol. The summed E-state index contributed by atoms with van der Waals surface area (Å²) in [5, 5.41) is 3.18. The van der Waals surface area contributed by atoms with E-state index in [2.05, 4.69) is 19.2 Å².